The highest BCUT2D eigenvalue weighted by molar-refractivity contribution is 5.97. The van der Waals surface area contributed by atoms with Crippen LogP contribution in [0.2, 0.25) is 0 Å². The summed E-state index contributed by atoms with van der Waals surface area (Å²) in [7, 11) is 0. The van der Waals surface area contributed by atoms with Crippen molar-refractivity contribution in [2.45, 2.75) is 12.8 Å². The average molecular weight is 369 g/mol. The lowest BCUT2D eigenvalue weighted by Crippen LogP contribution is -2.22. The molecule has 1 N–H and O–H groups in total. The maximum atomic E-state index is 13.1. The van der Waals surface area contributed by atoms with Gasteiger partial charge in [0.25, 0.3) is 0 Å². The van der Waals surface area contributed by atoms with Gasteiger partial charge in [0.1, 0.15) is 5.82 Å². The minimum atomic E-state index is -0.419. The monoisotopic (exact) mass is 369 g/mol. The summed E-state index contributed by atoms with van der Waals surface area (Å²) >= 11 is 0. The van der Waals surface area contributed by atoms with Crippen LogP contribution in [0.25, 0.3) is 5.95 Å². The number of hydrogen-bond acceptors (Lipinski definition) is 4. The molecule has 0 atom stereocenters. The number of imidazole rings is 1. The van der Waals surface area contributed by atoms with Gasteiger partial charge in [-0.1, -0.05) is 60.7 Å². The molecular formula is C22H19N5O. The van der Waals surface area contributed by atoms with Crippen LogP contribution in [-0.2, 0) is 4.79 Å². The summed E-state index contributed by atoms with van der Waals surface area (Å²) in [5.74, 6) is 0.756. The number of aryl methyl sites for hydroxylation is 1. The van der Waals surface area contributed by atoms with E-state index in [2.05, 4.69) is 20.3 Å². The second-order valence-corrected chi connectivity index (χ2v) is 6.36. The highest BCUT2D eigenvalue weighted by atomic mass is 16.1. The van der Waals surface area contributed by atoms with Gasteiger partial charge in [-0.2, -0.15) is 0 Å². The second kappa shape index (κ2) is 7.84. The third kappa shape index (κ3) is 3.66. The van der Waals surface area contributed by atoms with Crippen molar-refractivity contribution < 1.29 is 4.79 Å². The van der Waals surface area contributed by atoms with Gasteiger partial charge in [-0.25, -0.2) is 15.0 Å². The number of carbonyl (C=O) groups excluding carboxylic acids is 1. The van der Waals surface area contributed by atoms with Crippen molar-refractivity contribution >= 4 is 11.6 Å². The first-order valence-corrected chi connectivity index (χ1v) is 8.95. The van der Waals surface area contributed by atoms with Gasteiger partial charge in [-0.15, -0.1) is 0 Å². The van der Waals surface area contributed by atoms with Crippen LogP contribution >= 0.6 is 0 Å². The van der Waals surface area contributed by atoms with E-state index >= 15 is 0 Å². The van der Waals surface area contributed by atoms with Crippen LogP contribution in [-0.4, -0.2) is 25.4 Å². The Bertz CT molecular complexity index is 1020. The molecule has 0 fully saturated rings. The Morgan fingerprint density at radius 1 is 0.893 bits per heavy atom. The van der Waals surface area contributed by atoms with E-state index < -0.39 is 5.92 Å². The van der Waals surface area contributed by atoms with Gasteiger partial charge in [0, 0.05) is 12.4 Å². The summed E-state index contributed by atoms with van der Waals surface area (Å²) < 4.78 is 1.78. The molecule has 1 amide bonds. The lowest BCUT2D eigenvalue weighted by molar-refractivity contribution is -0.116. The molecule has 0 unspecified atom stereocenters. The molecule has 138 valence electrons. The number of aromatic nitrogens is 4. The molecule has 4 rings (SSSR count). The van der Waals surface area contributed by atoms with Crippen molar-refractivity contribution in [1.29, 1.82) is 0 Å². The van der Waals surface area contributed by atoms with Gasteiger partial charge in [0.15, 0.2) is 0 Å². The first kappa shape index (κ1) is 17.6. The molecule has 28 heavy (non-hydrogen) atoms. The predicted molar refractivity (Wildman–Crippen MR) is 107 cm³/mol. The zero-order valence-electron chi connectivity index (χ0n) is 15.4. The van der Waals surface area contributed by atoms with Crippen LogP contribution in [0.3, 0.4) is 0 Å². The Hall–Kier alpha value is -3.80. The summed E-state index contributed by atoms with van der Waals surface area (Å²) in [4.78, 5) is 25.9. The second-order valence-electron chi connectivity index (χ2n) is 6.36. The molecule has 0 spiro atoms. The van der Waals surface area contributed by atoms with Gasteiger partial charge in [-0.3, -0.25) is 9.36 Å². The molecule has 0 aliphatic heterocycles. The minimum Gasteiger partial charge on any atom is -0.323 e. The summed E-state index contributed by atoms with van der Waals surface area (Å²) in [5, 5.41) is 2.94. The predicted octanol–water partition coefficient (Wildman–Crippen LogP) is 3.74. The number of benzene rings is 2. The first-order valence-electron chi connectivity index (χ1n) is 8.95. The number of carbonyl (C=O) groups is 1. The Kier molecular flexibility index (Phi) is 4.93. The Morgan fingerprint density at radius 3 is 1.96 bits per heavy atom. The van der Waals surface area contributed by atoms with E-state index in [1.165, 1.54) is 0 Å². The lowest BCUT2D eigenvalue weighted by atomic mass is 9.90. The van der Waals surface area contributed by atoms with Gasteiger partial charge in [0.2, 0.25) is 11.9 Å². The largest absolute Gasteiger partial charge is 0.323 e. The van der Waals surface area contributed by atoms with E-state index in [0.29, 0.717) is 11.6 Å². The standard InChI is InChI=1S/C22H19N5O/c1-16-23-12-13-27(16)22-24-14-19(15-25-22)26-21(28)20(17-8-4-2-5-9-17)18-10-6-3-7-11-18/h2-15,20H,1H3,(H,26,28). The number of hydrogen-bond donors (Lipinski definition) is 1. The number of amides is 1. The van der Waals surface area contributed by atoms with Crippen molar-refractivity contribution in [2.75, 3.05) is 5.32 Å². The van der Waals surface area contributed by atoms with E-state index in [-0.39, 0.29) is 5.91 Å². The van der Waals surface area contributed by atoms with E-state index in [1.807, 2.05) is 67.6 Å². The molecule has 0 bridgehead atoms. The van der Waals surface area contributed by atoms with Crippen LogP contribution in [0, 0.1) is 6.92 Å². The summed E-state index contributed by atoms with van der Waals surface area (Å²) in [6, 6.07) is 19.4. The van der Waals surface area contributed by atoms with E-state index in [0.717, 1.165) is 17.0 Å². The van der Waals surface area contributed by atoms with E-state index in [9.17, 15) is 4.79 Å². The number of anilines is 1. The maximum absolute atomic E-state index is 13.1. The highest BCUT2D eigenvalue weighted by Gasteiger charge is 2.22. The zero-order valence-corrected chi connectivity index (χ0v) is 15.4. The van der Waals surface area contributed by atoms with Gasteiger partial charge in [-0.05, 0) is 18.1 Å². The molecule has 6 heteroatoms. The molecule has 6 nitrogen and oxygen atoms in total. The van der Waals surface area contributed by atoms with Gasteiger partial charge >= 0.3 is 0 Å². The highest BCUT2D eigenvalue weighted by Crippen LogP contribution is 2.26. The molecule has 0 radical (unpaired) electrons. The summed E-state index contributed by atoms with van der Waals surface area (Å²) in [5.41, 5.74) is 2.40. The van der Waals surface area contributed by atoms with Gasteiger partial charge in [0.05, 0.1) is 24.0 Å². The minimum absolute atomic E-state index is 0.132. The zero-order chi connectivity index (χ0) is 19.3. The van der Waals surface area contributed by atoms with Gasteiger partial charge < -0.3 is 5.32 Å². The fourth-order valence-corrected chi connectivity index (χ4v) is 3.10. The molecule has 2 heterocycles. The molecule has 0 saturated carbocycles. The van der Waals surface area contributed by atoms with Crippen LogP contribution in [0.15, 0.2) is 85.5 Å². The topological polar surface area (TPSA) is 72.7 Å². The van der Waals surface area contributed by atoms with Crippen molar-refractivity contribution in [2.24, 2.45) is 0 Å². The molecule has 0 aliphatic carbocycles. The molecule has 0 aliphatic rings. The Labute approximate surface area is 162 Å². The molecule has 0 saturated heterocycles. The number of nitrogens with one attached hydrogen (secondary N) is 1. The van der Waals surface area contributed by atoms with Crippen molar-refractivity contribution in [3.05, 3.63) is 102 Å². The van der Waals surface area contributed by atoms with Crippen molar-refractivity contribution in [3.63, 3.8) is 0 Å². The number of nitrogens with zero attached hydrogens (tertiary/aromatic N) is 4. The van der Waals surface area contributed by atoms with Crippen LogP contribution in [0.4, 0.5) is 5.69 Å². The maximum Gasteiger partial charge on any atom is 0.236 e. The van der Waals surface area contributed by atoms with Crippen LogP contribution in [0.1, 0.15) is 22.9 Å². The molecule has 2 aromatic heterocycles. The van der Waals surface area contributed by atoms with E-state index in [4.69, 9.17) is 0 Å². The lowest BCUT2D eigenvalue weighted by Gasteiger charge is -2.17. The van der Waals surface area contributed by atoms with Crippen molar-refractivity contribution in [3.8, 4) is 5.95 Å². The molecular weight excluding hydrogens is 350 g/mol. The van der Waals surface area contributed by atoms with Crippen molar-refractivity contribution in [1.82, 2.24) is 19.5 Å². The number of rotatable bonds is 5. The third-order valence-electron chi connectivity index (χ3n) is 4.47. The third-order valence-corrected chi connectivity index (χ3v) is 4.47. The summed E-state index contributed by atoms with van der Waals surface area (Å²) in [6.45, 7) is 1.88. The van der Waals surface area contributed by atoms with Crippen LogP contribution in [0.5, 0.6) is 0 Å². The normalized spacial score (nSPS) is 10.8. The average Bonchev–Trinajstić information content (AvgIpc) is 3.16. The fraction of sp³-hybridized carbons (Fsp3) is 0.0909. The SMILES string of the molecule is Cc1nccn1-c1ncc(NC(=O)C(c2ccccc2)c2ccccc2)cn1. The summed E-state index contributed by atoms with van der Waals surface area (Å²) in [6.07, 6.45) is 6.70. The van der Waals surface area contributed by atoms with Crippen LogP contribution < -0.4 is 5.32 Å². The quantitative estimate of drug-likeness (QED) is 0.582. The first-order chi connectivity index (χ1) is 13.7. The molecule has 4 aromatic rings. The van der Waals surface area contributed by atoms with E-state index in [1.54, 1.807) is 29.4 Å². The Morgan fingerprint density at radius 2 is 1.46 bits per heavy atom. The molecule has 2 aromatic carbocycles. The Balaban J connectivity index is 1.59. The smallest absolute Gasteiger partial charge is 0.236 e. The fourth-order valence-electron chi connectivity index (χ4n) is 3.10.